The van der Waals surface area contributed by atoms with Gasteiger partial charge in [-0.25, -0.2) is 4.98 Å². The number of amides is 1. The third-order valence-corrected chi connectivity index (χ3v) is 6.41. The van der Waals surface area contributed by atoms with Gasteiger partial charge in [0.1, 0.15) is 10.8 Å². The molecule has 4 nitrogen and oxygen atoms in total. The number of thiazole rings is 1. The van der Waals surface area contributed by atoms with Gasteiger partial charge in [-0.3, -0.25) is 4.79 Å². The number of rotatable bonds is 4. The Morgan fingerprint density at radius 1 is 1.07 bits per heavy atom. The van der Waals surface area contributed by atoms with Gasteiger partial charge in [0.15, 0.2) is 6.61 Å². The highest BCUT2D eigenvalue weighted by Gasteiger charge is 2.32. The highest BCUT2D eigenvalue weighted by atomic mass is 32.1. The number of likely N-dealkylation sites (tertiary alicyclic amines) is 1. The Balaban J connectivity index is 1.34. The van der Waals surface area contributed by atoms with E-state index in [4.69, 9.17) is 9.72 Å². The molecule has 0 aliphatic carbocycles. The lowest BCUT2D eigenvalue weighted by atomic mass is 10.1. The SMILES string of the molecule is O=C(COc1cccc2ccccc12)N1CCCC1c1nc2ccccc2s1. The minimum atomic E-state index is 0.0229. The van der Waals surface area contributed by atoms with Crippen LogP contribution in [0.3, 0.4) is 0 Å². The fraction of sp³-hybridized carbons (Fsp3) is 0.217. The van der Waals surface area contributed by atoms with Gasteiger partial charge in [-0.05, 0) is 36.4 Å². The molecule has 1 saturated heterocycles. The summed E-state index contributed by atoms with van der Waals surface area (Å²) in [6, 6.07) is 22.2. The molecular weight excluding hydrogens is 368 g/mol. The van der Waals surface area contributed by atoms with E-state index in [1.165, 1.54) is 4.70 Å². The van der Waals surface area contributed by atoms with Gasteiger partial charge >= 0.3 is 0 Å². The minimum Gasteiger partial charge on any atom is -0.483 e. The standard InChI is InChI=1S/C23H20N2O2S/c26-22(15-27-20-12-5-8-16-7-1-2-9-17(16)20)25-14-6-11-19(25)23-24-18-10-3-4-13-21(18)28-23/h1-5,7-10,12-13,19H,6,11,14-15H2. The van der Waals surface area contributed by atoms with Crippen LogP contribution in [0.25, 0.3) is 21.0 Å². The second kappa shape index (κ2) is 7.24. The molecule has 140 valence electrons. The lowest BCUT2D eigenvalue weighted by Crippen LogP contribution is -2.34. The number of hydrogen-bond acceptors (Lipinski definition) is 4. The van der Waals surface area contributed by atoms with Gasteiger partial charge in [0.05, 0.1) is 16.3 Å². The summed E-state index contributed by atoms with van der Waals surface area (Å²) in [6.07, 6.45) is 1.96. The maximum absolute atomic E-state index is 12.9. The minimum absolute atomic E-state index is 0.0229. The highest BCUT2D eigenvalue weighted by Crippen LogP contribution is 2.36. The predicted octanol–water partition coefficient (Wildman–Crippen LogP) is 5.19. The average molecular weight is 388 g/mol. The molecular formula is C23H20N2O2S. The largest absolute Gasteiger partial charge is 0.483 e. The van der Waals surface area contributed by atoms with Gasteiger partial charge in [-0.2, -0.15) is 0 Å². The monoisotopic (exact) mass is 388 g/mol. The van der Waals surface area contributed by atoms with Gasteiger partial charge < -0.3 is 9.64 Å². The van der Waals surface area contributed by atoms with Crippen molar-refractivity contribution in [2.75, 3.05) is 13.2 Å². The molecule has 1 fully saturated rings. The van der Waals surface area contributed by atoms with Gasteiger partial charge in [0, 0.05) is 11.9 Å². The van der Waals surface area contributed by atoms with Crippen molar-refractivity contribution in [1.29, 1.82) is 0 Å². The first-order valence-corrected chi connectivity index (χ1v) is 10.4. The number of aromatic nitrogens is 1. The molecule has 0 spiro atoms. The Kier molecular flexibility index (Phi) is 4.45. The van der Waals surface area contributed by atoms with Crippen molar-refractivity contribution in [2.45, 2.75) is 18.9 Å². The van der Waals surface area contributed by atoms with Crippen LogP contribution < -0.4 is 4.74 Å². The molecule has 1 unspecified atom stereocenters. The molecule has 4 aromatic rings. The van der Waals surface area contributed by atoms with Crippen molar-refractivity contribution >= 4 is 38.2 Å². The van der Waals surface area contributed by atoms with Crippen LogP contribution in [0.15, 0.2) is 66.7 Å². The van der Waals surface area contributed by atoms with E-state index >= 15 is 0 Å². The van der Waals surface area contributed by atoms with Crippen molar-refractivity contribution in [1.82, 2.24) is 9.88 Å². The van der Waals surface area contributed by atoms with Crippen molar-refractivity contribution in [3.63, 3.8) is 0 Å². The number of para-hydroxylation sites is 1. The van der Waals surface area contributed by atoms with E-state index in [0.717, 1.165) is 46.4 Å². The number of hydrogen-bond donors (Lipinski definition) is 0. The molecule has 1 amide bonds. The number of nitrogens with zero attached hydrogens (tertiary/aromatic N) is 2. The Bertz CT molecular complexity index is 1120. The Hall–Kier alpha value is -2.92. The van der Waals surface area contributed by atoms with Crippen molar-refractivity contribution < 1.29 is 9.53 Å². The van der Waals surface area contributed by atoms with Gasteiger partial charge in [0.2, 0.25) is 0 Å². The summed E-state index contributed by atoms with van der Waals surface area (Å²) in [5, 5.41) is 3.17. The van der Waals surface area contributed by atoms with Crippen LogP contribution in [-0.2, 0) is 4.79 Å². The third-order valence-electron chi connectivity index (χ3n) is 5.27. The second-order valence-electron chi connectivity index (χ2n) is 7.03. The number of ether oxygens (including phenoxy) is 1. The number of fused-ring (bicyclic) bond motifs is 2. The molecule has 5 rings (SSSR count). The lowest BCUT2D eigenvalue weighted by Gasteiger charge is -2.23. The molecule has 0 saturated carbocycles. The second-order valence-corrected chi connectivity index (χ2v) is 8.09. The van der Waals surface area contributed by atoms with Crippen LogP contribution in [0.1, 0.15) is 23.9 Å². The number of benzene rings is 3. The smallest absolute Gasteiger partial charge is 0.261 e. The van der Waals surface area contributed by atoms with Crippen LogP contribution in [0.4, 0.5) is 0 Å². The van der Waals surface area contributed by atoms with Crippen molar-refractivity contribution in [2.24, 2.45) is 0 Å². The van der Waals surface area contributed by atoms with Crippen molar-refractivity contribution in [3.05, 3.63) is 71.7 Å². The van der Waals surface area contributed by atoms with E-state index in [-0.39, 0.29) is 18.6 Å². The maximum Gasteiger partial charge on any atom is 0.261 e. The van der Waals surface area contributed by atoms with Crippen LogP contribution in [-0.4, -0.2) is 28.9 Å². The number of carbonyl (C=O) groups excluding carboxylic acids is 1. The molecule has 5 heteroatoms. The van der Waals surface area contributed by atoms with Crippen molar-refractivity contribution in [3.8, 4) is 5.75 Å². The fourth-order valence-electron chi connectivity index (χ4n) is 3.90. The van der Waals surface area contributed by atoms with Gasteiger partial charge in [-0.15, -0.1) is 11.3 Å². The zero-order valence-corrected chi connectivity index (χ0v) is 16.2. The van der Waals surface area contributed by atoms with E-state index in [2.05, 4.69) is 6.07 Å². The molecule has 1 atom stereocenters. The van der Waals surface area contributed by atoms with Crippen LogP contribution >= 0.6 is 11.3 Å². The fourth-order valence-corrected chi connectivity index (χ4v) is 5.01. The summed E-state index contributed by atoms with van der Waals surface area (Å²) in [5.74, 6) is 0.775. The van der Waals surface area contributed by atoms with Gasteiger partial charge in [-0.1, -0.05) is 48.5 Å². The first kappa shape index (κ1) is 17.2. The van der Waals surface area contributed by atoms with Crippen LogP contribution in [0.2, 0.25) is 0 Å². The molecule has 0 N–H and O–H groups in total. The van der Waals surface area contributed by atoms with E-state index in [1.807, 2.05) is 65.6 Å². The van der Waals surface area contributed by atoms with E-state index in [9.17, 15) is 4.79 Å². The third kappa shape index (κ3) is 3.12. The molecule has 1 aliphatic heterocycles. The zero-order valence-electron chi connectivity index (χ0n) is 15.4. The molecule has 0 bridgehead atoms. The average Bonchev–Trinajstić information content (AvgIpc) is 3.38. The first-order valence-electron chi connectivity index (χ1n) is 9.55. The van der Waals surface area contributed by atoms with E-state index in [0.29, 0.717) is 0 Å². The van der Waals surface area contributed by atoms with Crippen LogP contribution in [0, 0.1) is 0 Å². The predicted molar refractivity (Wildman–Crippen MR) is 113 cm³/mol. The zero-order chi connectivity index (χ0) is 18.9. The summed E-state index contributed by atoms with van der Waals surface area (Å²) >= 11 is 1.69. The van der Waals surface area contributed by atoms with E-state index < -0.39 is 0 Å². The first-order chi connectivity index (χ1) is 13.8. The van der Waals surface area contributed by atoms with Gasteiger partial charge in [0.25, 0.3) is 5.91 Å². The normalized spacial score (nSPS) is 16.7. The summed E-state index contributed by atoms with van der Waals surface area (Å²) < 4.78 is 7.10. The lowest BCUT2D eigenvalue weighted by molar-refractivity contribution is -0.134. The molecule has 0 radical (unpaired) electrons. The molecule has 2 heterocycles. The Labute approximate surface area is 167 Å². The topological polar surface area (TPSA) is 42.4 Å². The summed E-state index contributed by atoms with van der Waals surface area (Å²) in [6.45, 7) is 0.813. The quantitative estimate of drug-likeness (QED) is 0.483. The van der Waals surface area contributed by atoms with E-state index in [1.54, 1.807) is 11.3 Å². The number of carbonyl (C=O) groups is 1. The molecule has 3 aromatic carbocycles. The Morgan fingerprint density at radius 3 is 2.82 bits per heavy atom. The molecule has 1 aromatic heterocycles. The summed E-state index contributed by atoms with van der Waals surface area (Å²) in [5.41, 5.74) is 1.01. The highest BCUT2D eigenvalue weighted by molar-refractivity contribution is 7.18. The maximum atomic E-state index is 12.9. The Morgan fingerprint density at radius 2 is 1.89 bits per heavy atom. The van der Waals surface area contributed by atoms with Crippen LogP contribution in [0.5, 0.6) is 5.75 Å². The summed E-state index contributed by atoms with van der Waals surface area (Å²) in [7, 11) is 0. The summed E-state index contributed by atoms with van der Waals surface area (Å²) in [4.78, 5) is 19.6. The molecule has 28 heavy (non-hydrogen) atoms. The molecule has 1 aliphatic rings.